The first-order valence-electron chi connectivity index (χ1n) is 4.84. The minimum atomic E-state index is -0.695. The van der Waals surface area contributed by atoms with Crippen LogP contribution in [0.4, 0.5) is 0 Å². The van der Waals surface area contributed by atoms with Gasteiger partial charge < -0.3 is 5.11 Å². The molecule has 1 aliphatic carbocycles. The van der Waals surface area contributed by atoms with Crippen molar-refractivity contribution >= 4 is 5.97 Å². The van der Waals surface area contributed by atoms with E-state index in [1.807, 2.05) is 0 Å². The average Bonchev–Trinajstić information content (AvgIpc) is 2.35. The molecule has 1 aliphatic rings. The van der Waals surface area contributed by atoms with Crippen molar-refractivity contribution in [2.75, 3.05) is 0 Å². The van der Waals surface area contributed by atoms with Gasteiger partial charge in [0.1, 0.15) is 0 Å². The van der Waals surface area contributed by atoms with Crippen molar-refractivity contribution in [1.82, 2.24) is 0 Å². The molecular weight excluding hydrogens is 164 g/mol. The third-order valence-corrected chi connectivity index (χ3v) is 2.87. The van der Waals surface area contributed by atoms with Gasteiger partial charge in [-0.1, -0.05) is 11.1 Å². The second kappa shape index (κ2) is 3.52. The highest BCUT2D eigenvalue weighted by atomic mass is 16.4. The molecule has 0 radical (unpaired) electrons. The molecule has 13 heavy (non-hydrogen) atoms. The number of hydrogen-bond acceptors (Lipinski definition) is 1. The van der Waals surface area contributed by atoms with Gasteiger partial charge in [-0.15, -0.1) is 0 Å². The van der Waals surface area contributed by atoms with Crippen molar-refractivity contribution in [3.8, 4) is 0 Å². The lowest BCUT2D eigenvalue weighted by molar-refractivity contribution is -0.146. The maximum atomic E-state index is 10.9. The van der Waals surface area contributed by atoms with Gasteiger partial charge in [0.2, 0.25) is 0 Å². The molecule has 0 spiro atoms. The molecule has 0 aromatic carbocycles. The maximum Gasteiger partial charge on any atom is 0.309 e. The molecule has 0 amide bonds. The third-order valence-electron chi connectivity index (χ3n) is 2.87. The minimum Gasteiger partial charge on any atom is -0.481 e. The Morgan fingerprint density at radius 2 is 2.08 bits per heavy atom. The minimum absolute atomic E-state index is 0.596. The van der Waals surface area contributed by atoms with Gasteiger partial charge in [0.15, 0.2) is 0 Å². The number of aliphatic carboxylic acids is 1. The maximum absolute atomic E-state index is 10.9. The van der Waals surface area contributed by atoms with Gasteiger partial charge in [-0.05, 0) is 46.5 Å². The summed E-state index contributed by atoms with van der Waals surface area (Å²) < 4.78 is 0. The van der Waals surface area contributed by atoms with Crippen LogP contribution in [0.1, 0.15) is 46.5 Å². The normalized spacial score (nSPS) is 18.1. The van der Waals surface area contributed by atoms with E-state index in [4.69, 9.17) is 5.11 Å². The molecule has 1 N–H and O–H groups in total. The molecule has 0 atom stereocenters. The first-order valence-corrected chi connectivity index (χ1v) is 4.84. The molecule has 0 aliphatic heterocycles. The number of carbonyl (C=O) groups is 1. The van der Waals surface area contributed by atoms with Crippen LogP contribution in [0.2, 0.25) is 0 Å². The summed E-state index contributed by atoms with van der Waals surface area (Å²) in [6, 6.07) is 0. The molecule has 2 heteroatoms. The van der Waals surface area contributed by atoms with Gasteiger partial charge in [-0.3, -0.25) is 4.79 Å². The fraction of sp³-hybridized carbons (Fsp3) is 0.727. The first kappa shape index (κ1) is 10.3. The van der Waals surface area contributed by atoms with Crippen LogP contribution in [-0.4, -0.2) is 11.1 Å². The zero-order valence-electron chi connectivity index (χ0n) is 8.68. The monoisotopic (exact) mass is 182 g/mol. The van der Waals surface area contributed by atoms with E-state index in [1.165, 1.54) is 17.6 Å². The van der Waals surface area contributed by atoms with Gasteiger partial charge in [-0.25, -0.2) is 0 Å². The summed E-state index contributed by atoms with van der Waals surface area (Å²) >= 11 is 0. The van der Waals surface area contributed by atoms with Crippen LogP contribution >= 0.6 is 0 Å². The van der Waals surface area contributed by atoms with Gasteiger partial charge in [0.25, 0.3) is 0 Å². The zero-order chi connectivity index (χ0) is 10.1. The molecule has 0 saturated heterocycles. The summed E-state index contributed by atoms with van der Waals surface area (Å²) in [5, 5.41) is 8.97. The molecule has 0 bridgehead atoms. The summed E-state index contributed by atoms with van der Waals surface area (Å²) in [7, 11) is 0. The molecule has 0 heterocycles. The van der Waals surface area contributed by atoms with Crippen LogP contribution in [-0.2, 0) is 4.79 Å². The smallest absolute Gasteiger partial charge is 0.309 e. The topological polar surface area (TPSA) is 37.3 Å². The van der Waals surface area contributed by atoms with Crippen LogP contribution in [0.5, 0.6) is 0 Å². The van der Waals surface area contributed by atoms with Crippen molar-refractivity contribution in [1.29, 1.82) is 0 Å². The lowest BCUT2D eigenvalue weighted by Gasteiger charge is -2.20. The highest BCUT2D eigenvalue weighted by Crippen LogP contribution is 2.35. The molecular formula is C11H18O2. The van der Waals surface area contributed by atoms with E-state index in [0.717, 1.165) is 12.8 Å². The third kappa shape index (κ3) is 2.33. The number of carboxylic acid groups (broad SMARTS) is 1. The van der Waals surface area contributed by atoms with Crippen molar-refractivity contribution in [2.45, 2.75) is 46.5 Å². The average molecular weight is 182 g/mol. The molecule has 74 valence electrons. The molecule has 0 aromatic rings. The number of rotatable bonds is 3. The van der Waals surface area contributed by atoms with E-state index in [9.17, 15) is 4.79 Å². The first-order chi connectivity index (χ1) is 5.93. The van der Waals surface area contributed by atoms with Crippen LogP contribution in [0.25, 0.3) is 0 Å². The summed E-state index contributed by atoms with van der Waals surface area (Å²) in [6.07, 6.45) is 4.18. The predicted molar refractivity (Wildman–Crippen MR) is 52.6 cm³/mol. The van der Waals surface area contributed by atoms with E-state index in [1.54, 1.807) is 13.8 Å². The predicted octanol–water partition coefficient (Wildman–Crippen LogP) is 2.99. The molecule has 1 rings (SSSR count). The molecule has 2 nitrogen and oxygen atoms in total. The Bertz CT molecular complexity index is 249. The van der Waals surface area contributed by atoms with E-state index >= 15 is 0 Å². The standard InChI is InChI=1S/C11H18O2/c1-8-5-4-6-9(8)7-11(2,3)10(12)13/h4-7H2,1-3H3,(H,12,13). The Balaban J connectivity index is 2.68. The second-order valence-electron chi connectivity index (χ2n) is 4.60. The SMILES string of the molecule is CC1=C(CC(C)(C)C(=O)O)CCC1. The Hall–Kier alpha value is -0.790. The Labute approximate surface area is 79.6 Å². The molecule has 0 fully saturated rings. The van der Waals surface area contributed by atoms with E-state index in [0.29, 0.717) is 6.42 Å². The van der Waals surface area contributed by atoms with Crippen LogP contribution in [0, 0.1) is 5.41 Å². The van der Waals surface area contributed by atoms with E-state index in [-0.39, 0.29) is 0 Å². The Morgan fingerprint density at radius 1 is 1.46 bits per heavy atom. The summed E-state index contributed by atoms with van der Waals surface area (Å²) in [4.78, 5) is 10.9. The lowest BCUT2D eigenvalue weighted by atomic mass is 9.84. The van der Waals surface area contributed by atoms with Crippen LogP contribution < -0.4 is 0 Å². The van der Waals surface area contributed by atoms with Gasteiger partial charge in [-0.2, -0.15) is 0 Å². The van der Waals surface area contributed by atoms with Crippen LogP contribution in [0.3, 0.4) is 0 Å². The fourth-order valence-electron chi connectivity index (χ4n) is 1.81. The number of carboxylic acids is 1. The second-order valence-corrected chi connectivity index (χ2v) is 4.60. The molecule has 0 unspecified atom stereocenters. The van der Waals surface area contributed by atoms with E-state index in [2.05, 4.69) is 6.92 Å². The van der Waals surface area contributed by atoms with Gasteiger partial charge in [0.05, 0.1) is 5.41 Å². The highest BCUT2D eigenvalue weighted by Gasteiger charge is 2.29. The fourth-order valence-corrected chi connectivity index (χ4v) is 1.81. The summed E-state index contributed by atoms with van der Waals surface area (Å²) in [5.74, 6) is -0.695. The molecule has 0 saturated carbocycles. The van der Waals surface area contributed by atoms with Crippen LogP contribution in [0.15, 0.2) is 11.1 Å². The number of hydrogen-bond donors (Lipinski definition) is 1. The lowest BCUT2D eigenvalue weighted by Crippen LogP contribution is -2.24. The summed E-state index contributed by atoms with van der Waals surface area (Å²) in [6.45, 7) is 5.72. The highest BCUT2D eigenvalue weighted by molar-refractivity contribution is 5.74. The van der Waals surface area contributed by atoms with Crippen molar-refractivity contribution in [2.24, 2.45) is 5.41 Å². The molecule has 0 aromatic heterocycles. The summed E-state index contributed by atoms with van der Waals surface area (Å²) in [5.41, 5.74) is 2.18. The van der Waals surface area contributed by atoms with Crippen molar-refractivity contribution in [3.63, 3.8) is 0 Å². The van der Waals surface area contributed by atoms with Gasteiger partial charge in [0, 0.05) is 0 Å². The zero-order valence-corrected chi connectivity index (χ0v) is 8.68. The van der Waals surface area contributed by atoms with Gasteiger partial charge >= 0.3 is 5.97 Å². The largest absolute Gasteiger partial charge is 0.481 e. The van der Waals surface area contributed by atoms with Crippen molar-refractivity contribution in [3.05, 3.63) is 11.1 Å². The Kier molecular flexibility index (Phi) is 2.79. The van der Waals surface area contributed by atoms with E-state index < -0.39 is 11.4 Å². The number of allylic oxidation sites excluding steroid dienone is 2. The quantitative estimate of drug-likeness (QED) is 0.681. The van der Waals surface area contributed by atoms with Crippen molar-refractivity contribution < 1.29 is 9.90 Å². The Morgan fingerprint density at radius 3 is 2.46 bits per heavy atom.